The molecular formula is C19H19NO5. The number of phenolic OH excluding ortho intramolecular Hbond substituents is 1. The maximum absolute atomic E-state index is 12.2. The Morgan fingerprint density at radius 1 is 1.08 bits per heavy atom. The SMILES string of the molecule is C[C@H](/C=C/C(=O)O)[C@H](OC(=O)Nc1ccccc1)c1ccc(O)cc1. The lowest BCUT2D eigenvalue weighted by Crippen LogP contribution is -2.21. The zero-order chi connectivity index (χ0) is 18.2. The van der Waals surface area contributed by atoms with E-state index < -0.39 is 18.2 Å². The molecule has 0 radical (unpaired) electrons. The van der Waals surface area contributed by atoms with Gasteiger partial charge in [0.2, 0.25) is 0 Å². The van der Waals surface area contributed by atoms with Crippen molar-refractivity contribution in [3.8, 4) is 5.75 Å². The van der Waals surface area contributed by atoms with Crippen LogP contribution in [0.15, 0.2) is 66.7 Å². The number of carboxylic acid groups (broad SMARTS) is 1. The summed E-state index contributed by atoms with van der Waals surface area (Å²) in [4.78, 5) is 22.9. The van der Waals surface area contributed by atoms with Gasteiger partial charge in [-0.25, -0.2) is 9.59 Å². The van der Waals surface area contributed by atoms with Gasteiger partial charge in [-0.2, -0.15) is 0 Å². The van der Waals surface area contributed by atoms with E-state index in [0.717, 1.165) is 6.08 Å². The average molecular weight is 341 g/mol. The summed E-state index contributed by atoms with van der Waals surface area (Å²) in [7, 11) is 0. The lowest BCUT2D eigenvalue weighted by atomic mass is 9.96. The van der Waals surface area contributed by atoms with Crippen molar-refractivity contribution >= 4 is 17.7 Å². The molecule has 2 aromatic rings. The van der Waals surface area contributed by atoms with E-state index in [-0.39, 0.29) is 11.7 Å². The van der Waals surface area contributed by atoms with Gasteiger partial charge in [0.05, 0.1) is 0 Å². The third-order valence-corrected chi connectivity index (χ3v) is 3.50. The molecule has 0 aliphatic carbocycles. The lowest BCUT2D eigenvalue weighted by molar-refractivity contribution is -0.131. The number of carbonyl (C=O) groups is 2. The van der Waals surface area contributed by atoms with Crippen LogP contribution in [0.2, 0.25) is 0 Å². The standard InChI is InChI=1S/C19H19NO5/c1-13(7-12-17(22)23)18(14-8-10-16(21)11-9-14)25-19(24)20-15-5-3-2-4-6-15/h2-13,18,21H,1H3,(H,20,24)(H,22,23)/b12-7+/t13-,18+/m1/s1. The molecule has 1 amide bonds. The number of hydrogen-bond acceptors (Lipinski definition) is 4. The second kappa shape index (κ2) is 8.54. The number of hydrogen-bond donors (Lipinski definition) is 3. The van der Waals surface area contributed by atoms with Crippen LogP contribution >= 0.6 is 0 Å². The number of aliphatic carboxylic acids is 1. The predicted octanol–water partition coefficient (Wildman–Crippen LogP) is 3.96. The van der Waals surface area contributed by atoms with Gasteiger partial charge in [-0.05, 0) is 29.8 Å². The van der Waals surface area contributed by atoms with E-state index >= 15 is 0 Å². The highest BCUT2D eigenvalue weighted by molar-refractivity contribution is 5.84. The Labute approximate surface area is 145 Å². The van der Waals surface area contributed by atoms with E-state index in [1.165, 1.54) is 18.2 Å². The number of rotatable bonds is 6. The molecule has 0 unspecified atom stereocenters. The highest BCUT2D eigenvalue weighted by Gasteiger charge is 2.22. The van der Waals surface area contributed by atoms with Gasteiger partial charge in [0, 0.05) is 17.7 Å². The third-order valence-electron chi connectivity index (χ3n) is 3.50. The molecule has 130 valence electrons. The Balaban J connectivity index is 2.17. The molecule has 0 fully saturated rings. The number of amides is 1. The predicted molar refractivity (Wildman–Crippen MR) is 93.3 cm³/mol. The molecule has 2 aromatic carbocycles. The lowest BCUT2D eigenvalue weighted by Gasteiger charge is -2.22. The van der Waals surface area contributed by atoms with Gasteiger partial charge in [-0.3, -0.25) is 5.32 Å². The van der Waals surface area contributed by atoms with Crippen LogP contribution in [0.4, 0.5) is 10.5 Å². The number of benzene rings is 2. The first-order valence-corrected chi connectivity index (χ1v) is 7.68. The molecule has 0 bridgehead atoms. The fourth-order valence-electron chi connectivity index (χ4n) is 2.26. The van der Waals surface area contributed by atoms with Gasteiger partial charge in [0.25, 0.3) is 0 Å². The number of nitrogens with one attached hydrogen (secondary N) is 1. The maximum Gasteiger partial charge on any atom is 0.412 e. The van der Waals surface area contributed by atoms with Crippen LogP contribution in [-0.4, -0.2) is 22.3 Å². The van der Waals surface area contributed by atoms with Crippen molar-refractivity contribution in [3.05, 3.63) is 72.3 Å². The Bertz CT molecular complexity index is 740. The molecule has 0 heterocycles. The molecule has 2 rings (SSSR count). The minimum Gasteiger partial charge on any atom is -0.508 e. The fraction of sp³-hybridized carbons (Fsp3) is 0.158. The molecule has 6 heteroatoms. The first-order valence-electron chi connectivity index (χ1n) is 7.68. The molecule has 25 heavy (non-hydrogen) atoms. The number of phenols is 1. The van der Waals surface area contributed by atoms with Crippen molar-refractivity contribution in [3.63, 3.8) is 0 Å². The largest absolute Gasteiger partial charge is 0.508 e. The molecule has 0 saturated carbocycles. The first-order chi connectivity index (χ1) is 12.0. The fourth-order valence-corrected chi connectivity index (χ4v) is 2.26. The third kappa shape index (κ3) is 5.69. The maximum atomic E-state index is 12.2. The molecule has 0 spiro atoms. The van der Waals surface area contributed by atoms with Crippen LogP contribution in [-0.2, 0) is 9.53 Å². The number of carbonyl (C=O) groups excluding carboxylic acids is 1. The molecule has 0 aromatic heterocycles. The summed E-state index contributed by atoms with van der Waals surface area (Å²) < 4.78 is 5.50. The minimum absolute atomic E-state index is 0.0879. The number of anilines is 1. The van der Waals surface area contributed by atoms with Gasteiger partial charge in [-0.15, -0.1) is 0 Å². The summed E-state index contributed by atoms with van der Waals surface area (Å²) in [5.41, 5.74) is 1.23. The van der Waals surface area contributed by atoms with Gasteiger partial charge in [-0.1, -0.05) is 43.3 Å². The summed E-state index contributed by atoms with van der Waals surface area (Å²) in [5, 5.41) is 20.8. The van der Waals surface area contributed by atoms with E-state index in [0.29, 0.717) is 11.3 Å². The first kappa shape index (κ1) is 18.1. The van der Waals surface area contributed by atoms with Gasteiger partial charge in [0.15, 0.2) is 0 Å². The van der Waals surface area contributed by atoms with Crippen LogP contribution in [0.3, 0.4) is 0 Å². The minimum atomic E-state index is -1.08. The average Bonchev–Trinajstić information content (AvgIpc) is 2.59. The Hall–Kier alpha value is -3.28. The van der Waals surface area contributed by atoms with E-state index in [4.69, 9.17) is 9.84 Å². The smallest absolute Gasteiger partial charge is 0.412 e. The summed E-state index contributed by atoms with van der Waals surface area (Å²) in [5.74, 6) is -1.38. The molecule has 2 atom stereocenters. The van der Waals surface area contributed by atoms with E-state index in [2.05, 4.69) is 5.32 Å². The number of para-hydroxylation sites is 1. The van der Waals surface area contributed by atoms with Crippen molar-refractivity contribution in [2.45, 2.75) is 13.0 Å². The van der Waals surface area contributed by atoms with Crippen LogP contribution in [0, 0.1) is 5.92 Å². The number of carboxylic acids is 1. The van der Waals surface area contributed by atoms with Gasteiger partial charge >= 0.3 is 12.1 Å². The summed E-state index contributed by atoms with van der Waals surface area (Å²) in [6.45, 7) is 1.74. The van der Waals surface area contributed by atoms with Crippen molar-refractivity contribution < 1.29 is 24.5 Å². The molecule has 0 aliphatic rings. The van der Waals surface area contributed by atoms with Crippen molar-refractivity contribution in [1.29, 1.82) is 0 Å². The number of aromatic hydroxyl groups is 1. The van der Waals surface area contributed by atoms with E-state index in [1.807, 2.05) is 6.07 Å². The van der Waals surface area contributed by atoms with Crippen LogP contribution in [0.1, 0.15) is 18.6 Å². The zero-order valence-electron chi connectivity index (χ0n) is 13.6. The Morgan fingerprint density at radius 3 is 2.32 bits per heavy atom. The van der Waals surface area contributed by atoms with E-state index in [1.54, 1.807) is 43.3 Å². The van der Waals surface area contributed by atoms with E-state index in [9.17, 15) is 14.7 Å². The van der Waals surface area contributed by atoms with Crippen LogP contribution in [0.5, 0.6) is 5.75 Å². The highest BCUT2D eigenvalue weighted by Crippen LogP contribution is 2.29. The summed E-state index contributed by atoms with van der Waals surface area (Å²) in [6, 6.07) is 15.1. The topological polar surface area (TPSA) is 95.9 Å². The summed E-state index contributed by atoms with van der Waals surface area (Å²) in [6.07, 6.45) is 1.10. The Morgan fingerprint density at radius 2 is 1.72 bits per heavy atom. The molecule has 0 saturated heterocycles. The van der Waals surface area contributed by atoms with Gasteiger partial charge < -0.3 is 14.9 Å². The molecule has 6 nitrogen and oxygen atoms in total. The Kier molecular flexibility index (Phi) is 6.17. The second-order valence-corrected chi connectivity index (χ2v) is 5.46. The quantitative estimate of drug-likeness (QED) is 0.691. The monoisotopic (exact) mass is 341 g/mol. The molecule has 3 N–H and O–H groups in total. The summed E-state index contributed by atoms with van der Waals surface area (Å²) >= 11 is 0. The molecule has 0 aliphatic heterocycles. The van der Waals surface area contributed by atoms with Gasteiger partial charge in [0.1, 0.15) is 11.9 Å². The van der Waals surface area contributed by atoms with Crippen molar-refractivity contribution in [2.24, 2.45) is 5.92 Å². The normalized spacial score (nSPS) is 13.2. The van der Waals surface area contributed by atoms with Crippen molar-refractivity contribution in [2.75, 3.05) is 5.32 Å². The molecular weight excluding hydrogens is 322 g/mol. The zero-order valence-corrected chi connectivity index (χ0v) is 13.6. The highest BCUT2D eigenvalue weighted by atomic mass is 16.6. The van der Waals surface area contributed by atoms with Crippen LogP contribution < -0.4 is 5.32 Å². The van der Waals surface area contributed by atoms with Crippen molar-refractivity contribution in [1.82, 2.24) is 0 Å². The second-order valence-electron chi connectivity index (χ2n) is 5.46. The number of ether oxygens (including phenoxy) is 1. The van der Waals surface area contributed by atoms with Crippen LogP contribution in [0.25, 0.3) is 0 Å².